The molecule has 4 nitrogen and oxygen atoms in total. The van der Waals surface area contributed by atoms with Crippen LogP contribution in [0.1, 0.15) is 35.8 Å². The molecule has 0 aliphatic carbocycles. The van der Waals surface area contributed by atoms with Gasteiger partial charge in [-0.25, -0.2) is 9.97 Å². The third-order valence-corrected chi connectivity index (χ3v) is 3.48. The molecule has 0 saturated carbocycles. The van der Waals surface area contributed by atoms with Crippen molar-refractivity contribution in [2.24, 2.45) is 5.73 Å². The average molecular weight is 236 g/mol. The minimum Gasteiger partial charge on any atom is -0.333 e. The lowest BCUT2D eigenvalue weighted by Crippen LogP contribution is -2.16. The van der Waals surface area contributed by atoms with Gasteiger partial charge in [0, 0.05) is 17.6 Å². The van der Waals surface area contributed by atoms with Crippen LogP contribution in [0.15, 0.2) is 17.9 Å². The second-order valence-electron chi connectivity index (χ2n) is 3.82. The summed E-state index contributed by atoms with van der Waals surface area (Å²) in [5.74, 6) is 0. The summed E-state index contributed by atoms with van der Waals surface area (Å²) in [6, 6.07) is -0.159. The molecule has 2 heterocycles. The highest BCUT2D eigenvalue weighted by molar-refractivity contribution is 7.09. The van der Waals surface area contributed by atoms with E-state index in [1.54, 1.807) is 11.3 Å². The van der Waals surface area contributed by atoms with Crippen molar-refractivity contribution in [3.05, 3.63) is 34.3 Å². The van der Waals surface area contributed by atoms with Gasteiger partial charge in [0.05, 0.1) is 24.3 Å². The third-order valence-electron chi connectivity index (χ3n) is 2.43. The Morgan fingerprint density at radius 2 is 2.38 bits per heavy atom. The molecule has 1 unspecified atom stereocenters. The largest absolute Gasteiger partial charge is 0.333 e. The molecule has 2 aromatic heterocycles. The van der Waals surface area contributed by atoms with Crippen LogP contribution in [0.5, 0.6) is 0 Å². The standard InChI is InChI=1S/C11H16N4S/c1-3-4-15-7-13-5-9(15)10(12)11-14-8(2)6-16-11/h5-7,10H,3-4,12H2,1-2H3. The topological polar surface area (TPSA) is 56.7 Å². The van der Waals surface area contributed by atoms with E-state index in [0.717, 1.165) is 29.4 Å². The quantitative estimate of drug-likeness (QED) is 0.884. The van der Waals surface area contributed by atoms with E-state index in [9.17, 15) is 0 Å². The van der Waals surface area contributed by atoms with Gasteiger partial charge in [-0.2, -0.15) is 0 Å². The Hall–Kier alpha value is -1.20. The van der Waals surface area contributed by atoms with E-state index in [-0.39, 0.29) is 6.04 Å². The molecule has 0 aromatic carbocycles. The van der Waals surface area contributed by atoms with Crippen LogP contribution in [0.3, 0.4) is 0 Å². The predicted molar refractivity (Wildman–Crippen MR) is 65.4 cm³/mol. The molecular weight excluding hydrogens is 220 g/mol. The van der Waals surface area contributed by atoms with Crippen LogP contribution < -0.4 is 5.73 Å². The smallest absolute Gasteiger partial charge is 0.116 e. The third kappa shape index (κ3) is 2.15. The van der Waals surface area contributed by atoms with E-state index in [1.165, 1.54) is 0 Å². The number of imidazole rings is 1. The second kappa shape index (κ2) is 4.76. The van der Waals surface area contributed by atoms with Crippen molar-refractivity contribution in [3.63, 3.8) is 0 Å². The lowest BCUT2D eigenvalue weighted by Gasteiger charge is -2.11. The number of nitrogens with zero attached hydrogens (tertiary/aromatic N) is 3. The number of hydrogen-bond donors (Lipinski definition) is 1. The molecule has 5 heteroatoms. The molecule has 2 aromatic rings. The van der Waals surface area contributed by atoms with Gasteiger partial charge in [-0.15, -0.1) is 11.3 Å². The zero-order chi connectivity index (χ0) is 11.5. The number of hydrogen-bond acceptors (Lipinski definition) is 4. The van der Waals surface area contributed by atoms with E-state index in [0.29, 0.717) is 0 Å². The van der Waals surface area contributed by atoms with Crippen LogP contribution in [0.25, 0.3) is 0 Å². The van der Waals surface area contributed by atoms with Crippen molar-refractivity contribution in [3.8, 4) is 0 Å². The van der Waals surface area contributed by atoms with Crippen LogP contribution in [0, 0.1) is 6.92 Å². The lowest BCUT2D eigenvalue weighted by atomic mass is 10.2. The van der Waals surface area contributed by atoms with Gasteiger partial charge >= 0.3 is 0 Å². The zero-order valence-corrected chi connectivity index (χ0v) is 10.4. The molecule has 2 N–H and O–H groups in total. The summed E-state index contributed by atoms with van der Waals surface area (Å²) in [6.07, 6.45) is 4.74. The lowest BCUT2D eigenvalue weighted by molar-refractivity contribution is 0.623. The van der Waals surface area contributed by atoms with Gasteiger partial charge < -0.3 is 10.3 Å². The maximum absolute atomic E-state index is 6.19. The Labute approximate surface area is 99.2 Å². The first kappa shape index (κ1) is 11.3. The summed E-state index contributed by atoms with van der Waals surface area (Å²) in [6.45, 7) is 5.08. The first-order valence-electron chi connectivity index (χ1n) is 5.40. The monoisotopic (exact) mass is 236 g/mol. The van der Waals surface area contributed by atoms with Gasteiger partial charge in [0.2, 0.25) is 0 Å². The molecule has 0 aliphatic rings. The van der Waals surface area contributed by atoms with Gasteiger partial charge in [-0.1, -0.05) is 6.92 Å². The fraction of sp³-hybridized carbons (Fsp3) is 0.455. The fourth-order valence-corrected chi connectivity index (χ4v) is 2.47. The highest BCUT2D eigenvalue weighted by Gasteiger charge is 2.16. The normalized spacial score (nSPS) is 12.9. The minimum absolute atomic E-state index is 0.159. The first-order valence-corrected chi connectivity index (χ1v) is 6.28. The summed E-state index contributed by atoms with van der Waals surface area (Å²) >= 11 is 1.61. The van der Waals surface area contributed by atoms with Gasteiger partial charge in [-0.3, -0.25) is 0 Å². The fourth-order valence-electron chi connectivity index (χ4n) is 1.66. The van der Waals surface area contributed by atoms with E-state index < -0.39 is 0 Å². The average Bonchev–Trinajstić information content (AvgIpc) is 2.87. The maximum atomic E-state index is 6.19. The van der Waals surface area contributed by atoms with Crippen LogP contribution in [0.2, 0.25) is 0 Å². The number of aromatic nitrogens is 3. The molecule has 0 radical (unpaired) electrons. The molecule has 0 amide bonds. The second-order valence-corrected chi connectivity index (χ2v) is 4.71. The van der Waals surface area contributed by atoms with E-state index in [1.807, 2.05) is 24.8 Å². The molecular formula is C11H16N4S. The van der Waals surface area contributed by atoms with Crippen LogP contribution in [-0.2, 0) is 6.54 Å². The minimum atomic E-state index is -0.159. The Bertz CT molecular complexity index is 460. The Morgan fingerprint density at radius 1 is 1.56 bits per heavy atom. The molecule has 0 spiro atoms. The van der Waals surface area contributed by atoms with Crippen molar-refractivity contribution < 1.29 is 0 Å². The van der Waals surface area contributed by atoms with Crippen LogP contribution in [-0.4, -0.2) is 14.5 Å². The summed E-state index contributed by atoms with van der Waals surface area (Å²) in [5.41, 5.74) is 8.26. The van der Waals surface area contributed by atoms with Crippen molar-refractivity contribution in [2.75, 3.05) is 0 Å². The van der Waals surface area contributed by atoms with Crippen LogP contribution >= 0.6 is 11.3 Å². The molecule has 16 heavy (non-hydrogen) atoms. The summed E-state index contributed by atoms with van der Waals surface area (Å²) in [5, 5.41) is 2.98. The summed E-state index contributed by atoms with van der Waals surface area (Å²) in [7, 11) is 0. The zero-order valence-electron chi connectivity index (χ0n) is 9.55. The number of nitrogens with two attached hydrogens (primary N) is 1. The Kier molecular flexibility index (Phi) is 3.36. The molecule has 0 aliphatic heterocycles. The molecule has 86 valence electrons. The van der Waals surface area contributed by atoms with Crippen molar-refractivity contribution >= 4 is 11.3 Å². The number of aryl methyl sites for hydroxylation is 2. The van der Waals surface area contributed by atoms with Gasteiger partial charge in [0.25, 0.3) is 0 Å². The van der Waals surface area contributed by atoms with Crippen molar-refractivity contribution in [1.29, 1.82) is 0 Å². The van der Waals surface area contributed by atoms with E-state index in [2.05, 4.69) is 21.5 Å². The summed E-state index contributed by atoms with van der Waals surface area (Å²) < 4.78 is 2.10. The van der Waals surface area contributed by atoms with Gasteiger partial charge in [0.1, 0.15) is 5.01 Å². The van der Waals surface area contributed by atoms with E-state index in [4.69, 9.17) is 5.73 Å². The van der Waals surface area contributed by atoms with Crippen molar-refractivity contribution in [1.82, 2.24) is 14.5 Å². The molecule has 0 saturated heterocycles. The molecule has 2 rings (SSSR count). The van der Waals surface area contributed by atoms with Gasteiger partial charge in [0.15, 0.2) is 0 Å². The molecule has 0 fully saturated rings. The molecule has 1 atom stereocenters. The highest BCUT2D eigenvalue weighted by Crippen LogP contribution is 2.22. The highest BCUT2D eigenvalue weighted by atomic mass is 32.1. The molecule has 0 bridgehead atoms. The van der Waals surface area contributed by atoms with Gasteiger partial charge in [-0.05, 0) is 13.3 Å². The number of rotatable bonds is 4. The van der Waals surface area contributed by atoms with Crippen LogP contribution in [0.4, 0.5) is 0 Å². The van der Waals surface area contributed by atoms with E-state index >= 15 is 0 Å². The first-order chi connectivity index (χ1) is 7.72. The maximum Gasteiger partial charge on any atom is 0.116 e. The predicted octanol–water partition coefficient (Wildman–Crippen LogP) is 2.11. The van der Waals surface area contributed by atoms with Crippen molar-refractivity contribution in [2.45, 2.75) is 32.9 Å². The Balaban J connectivity index is 2.26. The number of thiazole rings is 1. The summed E-state index contributed by atoms with van der Waals surface area (Å²) in [4.78, 5) is 8.57. The SMILES string of the molecule is CCCn1cncc1C(N)c1nc(C)cs1. The Morgan fingerprint density at radius 3 is 3.00 bits per heavy atom.